The van der Waals surface area contributed by atoms with Crippen LogP contribution in [0.4, 0.5) is 0 Å². The Kier molecular flexibility index (Phi) is 6.39. The standard InChI is InChI=1S/C23H25NO4/c1-15(2)28-23(25)17-7-5-16(6-8-17)22-11-18-9-20(13-26-3)21(14-27-4)10-19(18)12-24-22/h5-12,15H,13-14H2,1-4H3. The van der Waals surface area contributed by atoms with Crippen molar-refractivity contribution in [2.24, 2.45) is 0 Å². The summed E-state index contributed by atoms with van der Waals surface area (Å²) in [5.41, 5.74) is 4.52. The normalized spacial score (nSPS) is 11.2. The molecule has 5 nitrogen and oxygen atoms in total. The summed E-state index contributed by atoms with van der Waals surface area (Å²) in [4.78, 5) is 16.6. The molecule has 0 aliphatic carbocycles. The zero-order valence-corrected chi connectivity index (χ0v) is 16.7. The summed E-state index contributed by atoms with van der Waals surface area (Å²) in [6.45, 7) is 4.73. The van der Waals surface area contributed by atoms with Crippen LogP contribution in [-0.4, -0.2) is 31.3 Å². The highest BCUT2D eigenvalue weighted by atomic mass is 16.5. The third kappa shape index (κ3) is 4.55. The molecular formula is C23H25NO4. The lowest BCUT2D eigenvalue weighted by Gasteiger charge is -2.12. The zero-order chi connectivity index (χ0) is 20.1. The maximum atomic E-state index is 12.0. The van der Waals surface area contributed by atoms with Crippen molar-refractivity contribution in [3.8, 4) is 11.3 Å². The van der Waals surface area contributed by atoms with Gasteiger partial charge >= 0.3 is 5.97 Å². The van der Waals surface area contributed by atoms with Gasteiger partial charge in [-0.1, -0.05) is 12.1 Å². The first-order valence-corrected chi connectivity index (χ1v) is 9.22. The molecule has 146 valence electrons. The van der Waals surface area contributed by atoms with Crippen molar-refractivity contribution in [1.29, 1.82) is 0 Å². The molecule has 1 aromatic heterocycles. The van der Waals surface area contributed by atoms with Crippen LogP contribution in [0.25, 0.3) is 22.0 Å². The molecule has 3 rings (SSSR count). The minimum Gasteiger partial charge on any atom is -0.459 e. The maximum absolute atomic E-state index is 12.0. The third-order valence-electron chi connectivity index (χ3n) is 4.40. The van der Waals surface area contributed by atoms with Crippen molar-refractivity contribution in [1.82, 2.24) is 4.98 Å². The van der Waals surface area contributed by atoms with Gasteiger partial charge in [-0.25, -0.2) is 4.79 Å². The SMILES string of the molecule is COCc1cc2cnc(-c3ccc(C(=O)OC(C)C)cc3)cc2cc1COC. The van der Waals surface area contributed by atoms with Gasteiger partial charge < -0.3 is 14.2 Å². The van der Waals surface area contributed by atoms with Gasteiger partial charge in [0.05, 0.1) is 30.6 Å². The lowest BCUT2D eigenvalue weighted by atomic mass is 10.0. The molecule has 0 bridgehead atoms. The fraction of sp³-hybridized carbons (Fsp3) is 0.304. The number of rotatable bonds is 7. The first kappa shape index (κ1) is 20.0. The molecule has 0 amide bonds. The van der Waals surface area contributed by atoms with Gasteiger partial charge in [0.25, 0.3) is 0 Å². The summed E-state index contributed by atoms with van der Waals surface area (Å²) in [7, 11) is 3.37. The van der Waals surface area contributed by atoms with Gasteiger partial charge in [-0.2, -0.15) is 0 Å². The highest BCUT2D eigenvalue weighted by Crippen LogP contribution is 2.26. The molecule has 5 heteroatoms. The summed E-state index contributed by atoms with van der Waals surface area (Å²) < 4.78 is 15.9. The molecular weight excluding hydrogens is 354 g/mol. The van der Waals surface area contributed by atoms with Crippen LogP contribution in [0.2, 0.25) is 0 Å². The predicted molar refractivity (Wildman–Crippen MR) is 109 cm³/mol. The fourth-order valence-electron chi connectivity index (χ4n) is 3.08. The fourth-order valence-corrected chi connectivity index (χ4v) is 3.08. The van der Waals surface area contributed by atoms with E-state index in [0.717, 1.165) is 33.2 Å². The van der Waals surface area contributed by atoms with Crippen molar-refractivity contribution >= 4 is 16.7 Å². The van der Waals surface area contributed by atoms with Crippen LogP contribution in [0.5, 0.6) is 0 Å². The molecule has 0 saturated heterocycles. The Morgan fingerprint density at radius 2 is 1.54 bits per heavy atom. The van der Waals surface area contributed by atoms with E-state index >= 15 is 0 Å². The smallest absolute Gasteiger partial charge is 0.338 e. The van der Waals surface area contributed by atoms with E-state index in [1.54, 1.807) is 26.4 Å². The number of pyridine rings is 1. The Labute approximate surface area is 165 Å². The largest absolute Gasteiger partial charge is 0.459 e. The molecule has 0 unspecified atom stereocenters. The number of ether oxygens (including phenoxy) is 3. The number of benzene rings is 2. The van der Waals surface area contributed by atoms with E-state index in [1.807, 2.05) is 38.2 Å². The molecule has 0 aliphatic rings. The minimum atomic E-state index is -0.317. The number of carbonyl (C=O) groups is 1. The lowest BCUT2D eigenvalue weighted by Crippen LogP contribution is -2.11. The Balaban J connectivity index is 1.93. The molecule has 0 radical (unpaired) electrons. The summed E-state index contributed by atoms with van der Waals surface area (Å²) in [5, 5.41) is 2.13. The second-order valence-corrected chi connectivity index (χ2v) is 6.94. The van der Waals surface area contributed by atoms with Crippen LogP contribution in [0.1, 0.15) is 35.3 Å². The highest BCUT2D eigenvalue weighted by molar-refractivity contribution is 5.91. The zero-order valence-electron chi connectivity index (χ0n) is 16.7. The summed E-state index contributed by atoms with van der Waals surface area (Å²) >= 11 is 0. The molecule has 0 spiro atoms. The van der Waals surface area contributed by atoms with Gasteiger partial charge in [-0.05, 0) is 60.7 Å². The first-order valence-electron chi connectivity index (χ1n) is 9.22. The van der Waals surface area contributed by atoms with Gasteiger partial charge in [0.15, 0.2) is 0 Å². The van der Waals surface area contributed by atoms with Gasteiger partial charge in [-0.15, -0.1) is 0 Å². The van der Waals surface area contributed by atoms with Crippen molar-refractivity contribution < 1.29 is 19.0 Å². The summed E-state index contributed by atoms with van der Waals surface area (Å²) in [5.74, 6) is -0.317. The number of hydrogen-bond donors (Lipinski definition) is 0. The summed E-state index contributed by atoms with van der Waals surface area (Å²) in [6, 6.07) is 13.6. The predicted octanol–water partition coefficient (Wildman–Crippen LogP) is 4.76. The number of carbonyl (C=O) groups excluding carboxylic acids is 1. The number of nitrogens with zero attached hydrogens (tertiary/aromatic N) is 1. The van der Waals surface area contributed by atoms with E-state index in [4.69, 9.17) is 14.2 Å². The molecule has 0 N–H and O–H groups in total. The molecule has 0 saturated carbocycles. The molecule has 0 atom stereocenters. The van der Waals surface area contributed by atoms with E-state index in [-0.39, 0.29) is 12.1 Å². The molecule has 0 fully saturated rings. The Bertz CT molecular complexity index is 964. The van der Waals surface area contributed by atoms with Crippen LogP contribution in [0, 0.1) is 0 Å². The second kappa shape index (κ2) is 8.95. The number of fused-ring (bicyclic) bond motifs is 1. The highest BCUT2D eigenvalue weighted by Gasteiger charge is 2.11. The third-order valence-corrected chi connectivity index (χ3v) is 4.40. The number of methoxy groups -OCH3 is 2. The average molecular weight is 379 g/mol. The topological polar surface area (TPSA) is 57.7 Å². The van der Waals surface area contributed by atoms with Crippen molar-refractivity contribution in [3.05, 3.63) is 65.4 Å². The van der Waals surface area contributed by atoms with E-state index in [2.05, 4.69) is 17.1 Å². The first-order chi connectivity index (χ1) is 13.5. The van der Waals surface area contributed by atoms with Crippen LogP contribution in [0.15, 0.2) is 48.7 Å². The number of esters is 1. The molecule has 0 aliphatic heterocycles. The second-order valence-electron chi connectivity index (χ2n) is 6.94. The van der Waals surface area contributed by atoms with Crippen LogP contribution < -0.4 is 0 Å². The lowest BCUT2D eigenvalue weighted by molar-refractivity contribution is 0.0378. The summed E-state index contributed by atoms with van der Waals surface area (Å²) in [6.07, 6.45) is 1.72. The average Bonchev–Trinajstić information content (AvgIpc) is 2.68. The van der Waals surface area contributed by atoms with Crippen molar-refractivity contribution in [3.63, 3.8) is 0 Å². The minimum absolute atomic E-state index is 0.140. The Hall–Kier alpha value is -2.76. The van der Waals surface area contributed by atoms with E-state index < -0.39 is 0 Å². The Morgan fingerprint density at radius 3 is 2.11 bits per heavy atom. The molecule has 2 aromatic carbocycles. The number of aromatic nitrogens is 1. The van der Waals surface area contributed by atoms with Crippen LogP contribution in [0.3, 0.4) is 0 Å². The van der Waals surface area contributed by atoms with Crippen LogP contribution >= 0.6 is 0 Å². The van der Waals surface area contributed by atoms with E-state index in [1.165, 1.54) is 0 Å². The maximum Gasteiger partial charge on any atom is 0.338 e. The van der Waals surface area contributed by atoms with Gasteiger partial charge in [0.2, 0.25) is 0 Å². The van der Waals surface area contributed by atoms with Crippen LogP contribution in [-0.2, 0) is 27.4 Å². The quantitative estimate of drug-likeness (QED) is 0.554. The van der Waals surface area contributed by atoms with Gasteiger partial charge in [0, 0.05) is 31.4 Å². The van der Waals surface area contributed by atoms with Gasteiger partial charge in [0.1, 0.15) is 0 Å². The van der Waals surface area contributed by atoms with E-state index in [0.29, 0.717) is 18.8 Å². The number of hydrogen-bond acceptors (Lipinski definition) is 5. The van der Waals surface area contributed by atoms with Crippen molar-refractivity contribution in [2.75, 3.05) is 14.2 Å². The van der Waals surface area contributed by atoms with Gasteiger partial charge in [-0.3, -0.25) is 4.98 Å². The van der Waals surface area contributed by atoms with Crippen molar-refractivity contribution in [2.45, 2.75) is 33.2 Å². The monoisotopic (exact) mass is 379 g/mol. The van der Waals surface area contributed by atoms with E-state index in [9.17, 15) is 4.79 Å². The molecule has 1 heterocycles. The molecule has 3 aromatic rings. The molecule has 28 heavy (non-hydrogen) atoms. The Morgan fingerprint density at radius 1 is 0.929 bits per heavy atom.